The summed E-state index contributed by atoms with van der Waals surface area (Å²) in [5.74, 6) is 0.395. The molecule has 1 rings (SSSR count). The molecule has 2 N–H and O–H groups in total. The summed E-state index contributed by atoms with van der Waals surface area (Å²) in [7, 11) is 0. The summed E-state index contributed by atoms with van der Waals surface area (Å²) in [6, 6.07) is 7.28. The van der Waals surface area contributed by atoms with Crippen molar-refractivity contribution >= 4 is 17.5 Å². The van der Waals surface area contributed by atoms with E-state index in [0.29, 0.717) is 30.3 Å². The van der Waals surface area contributed by atoms with Crippen molar-refractivity contribution in [1.82, 2.24) is 10.6 Å². The predicted molar refractivity (Wildman–Crippen MR) is 82.2 cm³/mol. The van der Waals surface area contributed by atoms with Gasteiger partial charge < -0.3 is 15.4 Å². The van der Waals surface area contributed by atoms with Crippen LogP contribution in [0.2, 0.25) is 5.02 Å². The molecule has 0 unspecified atom stereocenters. The molecule has 5 nitrogen and oxygen atoms in total. The van der Waals surface area contributed by atoms with E-state index in [0.717, 1.165) is 18.5 Å². The lowest BCUT2D eigenvalue weighted by atomic mass is 10.2. The first-order valence-electron chi connectivity index (χ1n) is 6.93. The van der Waals surface area contributed by atoms with Gasteiger partial charge in [0.2, 0.25) is 0 Å². The minimum atomic E-state index is -0.243. The number of nitrogens with zero attached hydrogens (tertiary/aromatic N) is 1. The van der Waals surface area contributed by atoms with E-state index in [1.54, 1.807) is 12.1 Å². The first-order valence-corrected chi connectivity index (χ1v) is 7.30. The van der Waals surface area contributed by atoms with Gasteiger partial charge in [-0.3, -0.25) is 4.79 Å². The van der Waals surface area contributed by atoms with E-state index in [4.69, 9.17) is 21.6 Å². The standard InChI is InChI=1S/C15H20ClN3O2/c1-2-7-18-10-12-9-13(16)4-5-14(12)21-11-15(20)19-8-3-6-17/h4-5,9,18H,2-3,7-8,10-11H2,1H3,(H,19,20). The Morgan fingerprint density at radius 2 is 2.24 bits per heavy atom. The van der Waals surface area contributed by atoms with Gasteiger partial charge in [-0.25, -0.2) is 0 Å². The van der Waals surface area contributed by atoms with Gasteiger partial charge in [0.05, 0.1) is 12.5 Å². The SMILES string of the molecule is CCCNCc1cc(Cl)ccc1OCC(=O)NCCC#N. The van der Waals surface area contributed by atoms with Gasteiger partial charge in [-0.15, -0.1) is 0 Å². The zero-order chi connectivity index (χ0) is 15.5. The van der Waals surface area contributed by atoms with Gasteiger partial charge in [-0.05, 0) is 31.2 Å². The lowest BCUT2D eigenvalue weighted by Gasteiger charge is -2.12. The van der Waals surface area contributed by atoms with Gasteiger partial charge in [-0.1, -0.05) is 18.5 Å². The van der Waals surface area contributed by atoms with E-state index < -0.39 is 0 Å². The number of carbonyl (C=O) groups is 1. The zero-order valence-corrected chi connectivity index (χ0v) is 12.9. The van der Waals surface area contributed by atoms with Gasteiger partial charge in [0.25, 0.3) is 5.91 Å². The Balaban J connectivity index is 2.53. The van der Waals surface area contributed by atoms with Crippen molar-refractivity contribution in [2.45, 2.75) is 26.3 Å². The highest BCUT2D eigenvalue weighted by atomic mass is 35.5. The molecular formula is C15H20ClN3O2. The van der Waals surface area contributed by atoms with E-state index in [2.05, 4.69) is 17.6 Å². The molecule has 0 aliphatic rings. The van der Waals surface area contributed by atoms with Crippen molar-refractivity contribution in [3.8, 4) is 11.8 Å². The molecule has 0 fully saturated rings. The molecule has 1 aromatic rings. The number of hydrogen-bond donors (Lipinski definition) is 2. The molecule has 114 valence electrons. The minimum absolute atomic E-state index is 0.0756. The van der Waals surface area contributed by atoms with E-state index in [-0.39, 0.29) is 12.5 Å². The van der Waals surface area contributed by atoms with Crippen molar-refractivity contribution in [1.29, 1.82) is 5.26 Å². The molecular weight excluding hydrogens is 290 g/mol. The van der Waals surface area contributed by atoms with Gasteiger partial charge >= 0.3 is 0 Å². The van der Waals surface area contributed by atoms with Crippen LogP contribution in [0, 0.1) is 11.3 Å². The topological polar surface area (TPSA) is 74.2 Å². The third kappa shape index (κ3) is 6.98. The Labute approximate surface area is 130 Å². The molecule has 0 aromatic heterocycles. The van der Waals surface area contributed by atoms with Gasteiger partial charge in [0, 0.05) is 23.7 Å². The van der Waals surface area contributed by atoms with Crippen molar-refractivity contribution in [2.24, 2.45) is 0 Å². The van der Waals surface area contributed by atoms with Crippen molar-refractivity contribution in [3.05, 3.63) is 28.8 Å². The van der Waals surface area contributed by atoms with Crippen LogP contribution in [-0.4, -0.2) is 25.6 Å². The summed E-state index contributed by atoms with van der Waals surface area (Å²) >= 11 is 5.98. The number of ether oxygens (including phenoxy) is 1. The molecule has 1 amide bonds. The normalized spacial score (nSPS) is 9.95. The van der Waals surface area contributed by atoms with Gasteiger partial charge in [-0.2, -0.15) is 5.26 Å². The number of nitriles is 1. The molecule has 0 saturated heterocycles. The fourth-order valence-corrected chi connectivity index (χ4v) is 1.87. The van der Waals surface area contributed by atoms with E-state index in [1.165, 1.54) is 0 Å². The average Bonchev–Trinajstić information content (AvgIpc) is 2.47. The minimum Gasteiger partial charge on any atom is -0.483 e. The number of nitrogens with one attached hydrogen (secondary N) is 2. The van der Waals surface area contributed by atoms with E-state index in [9.17, 15) is 4.79 Å². The second kappa shape index (κ2) is 10.0. The maximum Gasteiger partial charge on any atom is 0.257 e. The maximum atomic E-state index is 11.5. The van der Waals surface area contributed by atoms with E-state index >= 15 is 0 Å². The molecule has 21 heavy (non-hydrogen) atoms. The Morgan fingerprint density at radius 1 is 1.43 bits per heavy atom. The predicted octanol–water partition coefficient (Wildman–Crippen LogP) is 2.25. The number of benzene rings is 1. The Hall–Kier alpha value is -1.77. The van der Waals surface area contributed by atoms with Gasteiger partial charge in [0.1, 0.15) is 5.75 Å². The molecule has 0 radical (unpaired) electrons. The highest BCUT2D eigenvalue weighted by molar-refractivity contribution is 6.30. The van der Waals surface area contributed by atoms with Crippen LogP contribution in [0.5, 0.6) is 5.75 Å². The van der Waals surface area contributed by atoms with Crippen LogP contribution in [-0.2, 0) is 11.3 Å². The largest absolute Gasteiger partial charge is 0.483 e. The molecule has 1 aromatic carbocycles. The second-order valence-corrected chi connectivity index (χ2v) is 4.91. The first-order chi connectivity index (χ1) is 10.2. The van der Waals surface area contributed by atoms with Crippen LogP contribution in [0.4, 0.5) is 0 Å². The first kappa shape index (κ1) is 17.3. The molecule has 0 atom stereocenters. The third-order valence-corrected chi connectivity index (χ3v) is 2.92. The average molecular weight is 310 g/mol. The van der Waals surface area contributed by atoms with Crippen LogP contribution in [0.3, 0.4) is 0 Å². The number of amides is 1. The fraction of sp³-hybridized carbons (Fsp3) is 0.467. The lowest BCUT2D eigenvalue weighted by molar-refractivity contribution is -0.123. The number of carbonyl (C=O) groups excluding carboxylic acids is 1. The van der Waals surface area contributed by atoms with Crippen molar-refractivity contribution in [3.63, 3.8) is 0 Å². The van der Waals surface area contributed by atoms with Crippen LogP contribution < -0.4 is 15.4 Å². The summed E-state index contributed by atoms with van der Waals surface area (Å²) in [6.07, 6.45) is 1.33. The summed E-state index contributed by atoms with van der Waals surface area (Å²) in [5.41, 5.74) is 0.917. The summed E-state index contributed by atoms with van der Waals surface area (Å²) in [4.78, 5) is 11.5. The highest BCUT2D eigenvalue weighted by Gasteiger charge is 2.07. The van der Waals surface area contributed by atoms with Crippen molar-refractivity contribution < 1.29 is 9.53 Å². The summed E-state index contributed by atoms with van der Waals surface area (Å²) < 4.78 is 5.52. The van der Waals surface area contributed by atoms with Crippen LogP contribution in [0.15, 0.2) is 18.2 Å². The monoisotopic (exact) mass is 309 g/mol. The Kier molecular flexibility index (Phi) is 8.25. The molecule has 6 heteroatoms. The maximum absolute atomic E-state index is 11.5. The van der Waals surface area contributed by atoms with Crippen LogP contribution >= 0.6 is 11.6 Å². The van der Waals surface area contributed by atoms with Crippen LogP contribution in [0.1, 0.15) is 25.3 Å². The molecule has 0 aliphatic carbocycles. The third-order valence-electron chi connectivity index (χ3n) is 2.68. The second-order valence-electron chi connectivity index (χ2n) is 4.48. The molecule has 0 heterocycles. The van der Waals surface area contributed by atoms with Crippen molar-refractivity contribution in [2.75, 3.05) is 19.7 Å². The quantitative estimate of drug-likeness (QED) is 0.686. The smallest absolute Gasteiger partial charge is 0.257 e. The lowest BCUT2D eigenvalue weighted by Crippen LogP contribution is -2.29. The molecule has 0 aliphatic heterocycles. The molecule has 0 bridgehead atoms. The fourth-order valence-electron chi connectivity index (χ4n) is 1.68. The molecule has 0 saturated carbocycles. The summed E-state index contributed by atoms with van der Waals surface area (Å²) in [5, 5.41) is 14.9. The van der Waals surface area contributed by atoms with E-state index in [1.807, 2.05) is 12.1 Å². The number of rotatable bonds is 9. The zero-order valence-electron chi connectivity index (χ0n) is 12.1. The number of halogens is 1. The Morgan fingerprint density at radius 3 is 2.95 bits per heavy atom. The van der Waals surface area contributed by atoms with Gasteiger partial charge in [0.15, 0.2) is 6.61 Å². The van der Waals surface area contributed by atoms with Crippen LogP contribution in [0.25, 0.3) is 0 Å². The highest BCUT2D eigenvalue weighted by Crippen LogP contribution is 2.22. The Bertz CT molecular complexity index is 500. The summed E-state index contributed by atoms with van der Waals surface area (Å²) in [6.45, 7) is 3.90. The molecule has 0 spiro atoms. The number of hydrogen-bond acceptors (Lipinski definition) is 4.